The van der Waals surface area contributed by atoms with Gasteiger partial charge in [0.1, 0.15) is 6.10 Å². The first-order chi connectivity index (χ1) is 7.78. The van der Waals surface area contributed by atoms with Crippen LogP contribution in [0, 0.1) is 5.92 Å². The third-order valence-electron chi connectivity index (χ3n) is 3.53. The maximum atomic E-state index is 11.6. The van der Waals surface area contributed by atoms with Crippen molar-refractivity contribution in [3.63, 3.8) is 0 Å². The second-order valence-corrected chi connectivity index (χ2v) is 4.86. The Labute approximate surface area is 96.7 Å². The summed E-state index contributed by atoms with van der Waals surface area (Å²) in [5, 5.41) is 3.16. The third-order valence-corrected chi connectivity index (χ3v) is 3.53. The Kier molecular flexibility index (Phi) is 4.18. The quantitative estimate of drug-likeness (QED) is 0.731. The van der Waals surface area contributed by atoms with E-state index in [1.165, 1.54) is 0 Å². The smallest absolute Gasteiger partial charge is 0.306 e. The van der Waals surface area contributed by atoms with Crippen LogP contribution in [0.2, 0.25) is 0 Å². The van der Waals surface area contributed by atoms with Gasteiger partial charge in [-0.25, -0.2) is 0 Å². The Balaban J connectivity index is 1.68. The Bertz CT molecular complexity index is 240. The molecule has 1 aliphatic carbocycles. The monoisotopic (exact) mass is 227 g/mol. The van der Waals surface area contributed by atoms with Gasteiger partial charge in [-0.1, -0.05) is 0 Å². The molecule has 16 heavy (non-hydrogen) atoms. The van der Waals surface area contributed by atoms with Crippen LogP contribution in [0.4, 0.5) is 0 Å². The van der Waals surface area contributed by atoms with Crippen molar-refractivity contribution < 1.29 is 14.3 Å². The van der Waals surface area contributed by atoms with Gasteiger partial charge in [0.15, 0.2) is 0 Å². The summed E-state index contributed by atoms with van der Waals surface area (Å²) in [6, 6.07) is 0. The Morgan fingerprint density at radius 3 is 2.69 bits per heavy atom. The lowest BCUT2D eigenvalue weighted by Gasteiger charge is -2.30. The van der Waals surface area contributed by atoms with Crippen molar-refractivity contribution in [2.24, 2.45) is 5.92 Å². The number of methoxy groups -OCH3 is 1. The largest absolute Gasteiger partial charge is 0.462 e. The van der Waals surface area contributed by atoms with Crippen LogP contribution in [0.15, 0.2) is 0 Å². The van der Waals surface area contributed by atoms with Crippen LogP contribution in [0.3, 0.4) is 0 Å². The minimum atomic E-state index is -0.0340. The highest BCUT2D eigenvalue weighted by Gasteiger charge is 2.27. The average Bonchev–Trinajstić information content (AvgIpc) is 2.24. The molecule has 2 rings (SSSR count). The molecule has 1 aliphatic heterocycles. The molecule has 0 radical (unpaired) electrons. The number of hydrogen-bond acceptors (Lipinski definition) is 4. The molecule has 0 aromatic heterocycles. The minimum absolute atomic E-state index is 0.0340. The van der Waals surface area contributed by atoms with Gasteiger partial charge in [0.25, 0.3) is 0 Å². The number of nitrogens with one attached hydrogen (secondary N) is 1. The summed E-state index contributed by atoms with van der Waals surface area (Å²) in [7, 11) is 1.73. The lowest BCUT2D eigenvalue weighted by molar-refractivity contribution is -0.154. The topological polar surface area (TPSA) is 47.6 Å². The molecule has 0 bridgehead atoms. The fourth-order valence-electron chi connectivity index (χ4n) is 2.39. The van der Waals surface area contributed by atoms with Crippen LogP contribution >= 0.6 is 0 Å². The molecule has 0 spiro atoms. The van der Waals surface area contributed by atoms with Crippen molar-refractivity contribution in [1.82, 2.24) is 5.32 Å². The molecule has 0 aromatic carbocycles. The molecule has 1 saturated carbocycles. The Morgan fingerprint density at radius 2 is 2.06 bits per heavy atom. The summed E-state index contributed by atoms with van der Waals surface area (Å²) in [5.41, 5.74) is 0. The Hall–Kier alpha value is -0.610. The normalized spacial score (nSPS) is 30.8. The molecule has 4 heteroatoms. The molecular formula is C12H21NO3. The number of carbonyl (C=O) groups excluding carboxylic acids is 1. The fraction of sp³-hybridized carbons (Fsp3) is 0.917. The van der Waals surface area contributed by atoms with Crippen LogP contribution < -0.4 is 5.32 Å². The van der Waals surface area contributed by atoms with E-state index < -0.39 is 0 Å². The zero-order chi connectivity index (χ0) is 11.4. The number of carbonyl (C=O) groups is 1. The van der Waals surface area contributed by atoms with Gasteiger partial charge in [-0.3, -0.25) is 4.79 Å². The number of hydrogen-bond donors (Lipinski definition) is 1. The number of ether oxygens (including phenoxy) is 2. The van der Waals surface area contributed by atoms with Gasteiger partial charge in [-0.05, 0) is 38.3 Å². The van der Waals surface area contributed by atoms with Crippen molar-refractivity contribution in [2.45, 2.75) is 44.3 Å². The average molecular weight is 227 g/mol. The van der Waals surface area contributed by atoms with Gasteiger partial charge in [0, 0.05) is 13.5 Å². The first-order valence-electron chi connectivity index (χ1n) is 6.21. The van der Waals surface area contributed by atoms with E-state index >= 15 is 0 Å². The van der Waals surface area contributed by atoms with E-state index in [9.17, 15) is 4.79 Å². The lowest BCUT2D eigenvalue weighted by Crippen LogP contribution is -2.43. The molecule has 92 valence electrons. The van der Waals surface area contributed by atoms with Gasteiger partial charge in [0.2, 0.25) is 0 Å². The molecule has 4 nitrogen and oxygen atoms in total. The second-order valence-electron chi connectivity index (χ2n) is 4.86. The maximum Gasteiger partial charge on any atom is 0.306 e. The summed E-state index contributed by atoms with van der Waals surface area (Å²) in [6.45, 7) is 1.92. The van der Waals surface area contributed by atoms with Crippen molar-refractivity contribution in [3.05, 3.63) is 0 Å². The molecule has 1 N–H and O–H groups in total. The van der Waals surface area contributed by atoms with E-state index in [0.29, 0.717) is 12.3 Å². The first kappa shape index (κ1) is 11.9. The van der Waals surface area contributed by atoms with Crippen LogP contribution in [-0.4, -0.2) is 38.4 Å². The molecule has 0 amide bonds. The van der Waals surface area contributed by atoms with E-state index in [4.69, 9.17) is 9.47 Å². The molecule has 2 aliphatic rings. The highest BCUT2D eigenvalue weighted by atomic mass is 16.5. The zero-order valence-electron chi connectivity index (χ0n) is 9.91. The van der Waals surface area contributed by atoms with Crippen LogP contribution in [0.1, 0.15) is 32.1 Å². The van der Waals surface area contributed by atoms with Crippen molar-refractivity contribution in [2.75, 3.05) is 20.2 Å². The highest BCUT2D eigenvalue weighted by Crippen LogP contribution is 2.24. The maximum absolute atomic E-state index is 11.6. The first-order valence-corrected chi connectivity index (χ1v) is 6.21. The predicted molar refractivity (Wildman–Crippen MR) is 60.1 cm³/mol. The summed E-state index contributed by atoms with van der Waals surface area (Å²) >= 11 is 0. The minimum Gasteiger partial charge on any atom is -0.462 e. The Morgan fingerprint density at radius 1 is 1.31 bits per heavy atom. The van der Waals surface area contributed by atoms with Crippen molar-refractivity contribution >= 4 is 5.97 Å². The molecule has 2 unspecified atom stereocenters. The van der Waals surface area contributed by atoms with E-state index in [1.54, 1.807) is 7.11 Å². The number of esters is 1. The van der Waals surface area contributed by atoms with Gasteiger partial charge >= 0.3 is 5.97 Å². The van der Waals surface area contributed by atoms with Crippen LogP contribution in [0.5, 0.6) is 0 Å². The molecule has 1 saturated heterocycles. The van der Waals surface area contributed by atoms with E-state index in [0.717, 1.165) is 38.8 Å². The van der Waals surface area contributed by atoms with Gasteiger partial charge in [-0.15, -0.1) is 0 Å². The fourth-order valence-corrected chi connectivity index (χ4v) is 2.39. The van der Waals surface area contributed by atoms with Crippen molar-refractivity contribution in [3.8, 4) is 0 Å². The lowest BCUT2D eigenvalue weighted by atomic mass is 9.94. The van der Waals surface area contributed by atoms with Crippen LogP contribution in [0.25, 0.3) is 0 Å². The second kappa shape index (κ2) is 5.64. The van der Waals surface area contributed by atoms with E-state index in [2.05, 4.69) is 5.32 Å². The van der Waals surface area contributed by atoms with Gasteiger partial charge < -0.3 is 14.8 Å². The molecule has 2 fully saturated rings. The SMILES string of the molecule is COC1CCCC(OC(=O)CC2CNC2)C1. The van der Waals surface area contributed by atoms with Crippen molar-refractivity contribution in [1.29, 1.82) is 0 Å². The molecule has 2 atom stereocenters. The number of rotatable bonds is 4. The van der Waals surface area contributed by atoms with Gasteiger partial charge in [-0.2, -0.15) is 0 Å². The zero-order valence-corrected chi connectivity index (χ0v) is 9.91. The highest BCUT2D eigenvalue weighted by molar-refractivity contribution is 5.70. The summed E-state index contributed by atoms with van der Waals surface area (Å²) in [4.78, 5) is 11.6. The predicted octanol–water partition coefficient (Wildman–Crippen LogP) is 1.10. The molecule has 1 heterocycles. The van der Waals surface area contributed by atoms with E-state index in [1.807, 2.05) is 0 Å². The molecule has 0 aromatic rings. The summed E-state index contributed by atoms with van der Waals surface area (Å²) in [6.07, 6.45) is 4.98. The van der Waals surface area contributed by atoms with Gasteiger partial charge in [0.05, 0.1) is 12.5 Å². The summed E-state index contributed by atoms with van der Waals surface area (Å²) < 4.78 is 10.8. The van der Waals surface area contributed by atoms with E-state index in [-0.39, 0.29) is 18.2 Å². The molecular weight excluding hydrogens is 206 g/mol. The third kappa shape index (κ3) is 3.19. The summed E-state index contributed by atoms with van der Waals surface area (Å²) in [5.74, 6) is 0.461. The standard InChI is InChI=1S/C12H21NO3/c1-15-10-3-2-4-11(6-10)16-12(14)5-9-7-13-8-9/h9-11,13H,2-8H2,1H3. The van der Waals surface area contributed by atoms with Crippen LogP contribution in [-0.2, 0) is 14.3 Å².